The van der Waals surface area contributed by atoms with Crippen LogP contribution in [-0.2, 0) is 9.59 Å². The Kier molecular flexibility index (Phi) is 4.41. The molecule has 2 atom stereocenters. The zero-order valence-electron chi connectivity index (χ0n) is 14.4. The van der Waals surface area contributed by atoms with Crippen molar-refractivity contribution < 1.29 is 24.2 Å². The quantitative estimate of drug-likeness (QED) is 0.842. The minimum atomic E-state index is -1.03. The van der Waals surface area contributed by atoms with Crippen LogP contribution in [-0.4, -0.2) is 52.5 Å². The van der Waals surface area contributed by atoms with Crippen LogP contribution in [0.1, 0.15) is 42.1 Å². The third-order valence-electron chi connectivity index (χ3n) is 5.03. The smallest absolute Gasteiger partial charge is 0.326 e. The first-order chi connectivity index (χ1) is 11.8. The minimum Gasteiger partial charge on any atom is -0.485 e. The van der Waals surface area contributed by atoms with Gasteiger partial charge < -0.3 is 20.1 Å². The van der Waals surface area contributed by atoms with Gasteiger partial charge in [-0.15, -0.1) is 0 Å². The van der Waals surface area contributed by atoms with Gasteiger partial charge >= 0.3 is 5.97 Å². The van der Waals surface area contributed by atoms with Gasteiger partial charge in [0.2, 0.25) is 5.91 Å². The number of carboxylic acids is 1. The Morgan fingerprint density at radius 1 is 1.36 bits per heavy atom. The van der Waals surface area contributed by atoms with Gasteiger partial charge in [0.05, 0.1) is 12.1 Å². The Morgan fingerprint density at radius 3 is 2.84 bits per heavy atom. The molecular weight excluding hydrogens is 324 g/mol. The molecule has 2 aliphatic rings. The summed E-state index contributed by atoms with van der Waals surface area (Å²) >= 11 is 0. The van der Waals surface area contributed by atoms with E-state index in [0.29, 0.717) is 30.7 Å². The lowest BCUT2D eigenvalue weighted by atomic mass is 9.94. The molecule has 0 aliphatic carbocycles. The van der Waals surface area contributed by atoms with Crippen LogP contribution >= 0.6 is 0 Å². The van der Waals surface area contributed by atoms with Crippen molar-refractivity contribution in [2.75, 3.05) is 13.1 Å². The lowest BCUT2D eigenvalue weighted by Gasteiger charge is -2.32. The number of nitrogens with one attached hydrogen (secondary N) is 1. The lowest BCUT2D eigenvalue weighted by molar-refractivity contribution is -0.149. The number of likely N-dealkylation sites (tertiary alicyclic amines) is 1. The van der Waals surface area contributed by atoms with E-state index >= 15 is 0 Å². The molecule has 3 rings (SSSR count). The Labute approximate surface area is 146 Å². The summed E-state index contributed by atoms with van der Waals surface area (Å²) in [5.74, 6) is -0.912. The van der Waals surface area contributed by atoms with Gasteiger partial charge in [-0.25, -0.2) is 4.79 Å². The second-order valence-corrected chi connectivity index (χ2v) is 6.82. The summed E-state index contributed by atoms with van der Waals surface area (Å²) in [7, 11) is 0. The van der Waals surface area contributed by atoms with Crippen molar-refractivity contribution >= 4 is 17.8 Å². The Morgan fingerprint density at radius 2 is 2.12 bits per heavy atom. The minimum absolute atomic E-state index is 0.189. The van der Waals surface area contributed by atoms with Crippen LogP contribution in [0.15, 0.2) is 18.2 Å². The number of benzene rings is 1. The van der Waals surface area contributed by atoms with Crippen molar-refractivity contribution in [1.82, 2.24) is 10.2 Å². The molecule has 1 spiro atoms. The molecule has 2 N–H and O–H groups in total. The maximum Gasteiger partial charge on any atom is 0.326 e. The molecule has 134 valence electrons. The number of ether oxygens (including phenoxy) is 1. The first kappa shape index (κ1) is 17.3. The van der Waals surface area contributed by atoms with Gasteiger partial charge in [0, 0.05) is 19.4 Å². The summed E-state index contributed by atoms with van der Waals surface area (Å²) in [4.78, 5) is 37.3. The van der Waals surface area contributed by atoms with Crippen molar-refractivity contribution in [2.24, 2.45) is 0 Å². The molecule has 2 amide bonds. The van der Waals surface area contributed by atoms with Crippen LogP contribution < -0.4 is 10.1 Å². The van der Waals surface area contributed by atoms with Crippen molar-refractivity contribution in [3.63, 3.8) is 0 Å². The van der Waals surface area contributed by atoms with Crippen LogP contribution in [0.3, 0.4) is 0 Å². The van der Waals surface area contributed by atoms with E-state index in [4.69, 9.17) is 4.74 Å². The van der Waals surface area contributed by atoms with Gasteiger partial charge in [-0.2, -0.15) is 0 Å². The molecule has 1 saturated heterocycles. The van der Waals surface area contributed by atoms with Gasteiger partial charge in [-0.05, 0) is 32.4 Å². The van der Waals surface area contributed by atoms with Crippen LogP contribution in [0.25, 0.3) is 0 Å². The lowest BCUT2D eigenvalue weighted by Crippen LogP contribution is -2.47. The number of aryl methyl sites for hydroxylation is 1. The van der Waals surface area contributed by atoms with Crippen LogP contribution in [0.4, 0.5) is 0 Å². The van der Waals surface area contributed by atoms with E-state index in [2.05, 4.69) is 5.32 Å². The van der Waals surface area contributed by atoms with E-state index < -0.39 is 17.6 Å². The predicted octanol–water partition coefficient (Wildman–Crippen LogP) is 1.34. The van der Waals surface area contributed by atoms with Crippen LogP contribution in [0, 0.1) is 6.92 Å². The van der Waals surface area contributed by atoms with Gasteiger partial charge in [0.25, 0.3) is 5.91 Å². The molecule has 7 nitrogen and oxygen atoms in total. The number of carbonyl (C=O) groups is 3. The highest BCUT2D eigenvalue weighted by Gasteiger charge is 2.41. The Hall–Kier alpha value is -2.57. The molecule has 25 heavy (non-hydrogen) atoms. The van der Waals surface area contributed by atoms with E-state index in [0.717, 1.165) is 5.56 Å². The van der Waals surface area contributed by atoms with Crippen molar-refractivity contribution in [2.45, 2.75) is 44.8 Å². The highest BCUT2D eigenvalue weighted by Crippen LogP contribution is 2.34. The normalized spacial score (nSPS) is 24.6. The monoisotopic (exact) mass is 346 g/mol. The molecule has 1 aromatic carbocycles. The third-order valence-corrected chi connectivity index (χ3v) is 5.03. The standard InChI is InChI=1S/C18H22N2O5/c1-11-3-4-14-13(9-11)16(22)19-10-18(25-14)6-5-15(21)20(8-7-18)12(2)17(23)24/h3-4,9,12H,5-8,10H2,1-2H3,(H,19,22)(H,23,24)/t12-,18+/m1/s1. The van der Waals surface area contributed by atoms with Crippen molar-refractivity contribution in [1.29, 1.82) is 0 Å². The SMILES string of the molecule is Cc1ccc2c(c1)C(=O)NC[C@@]1(CCC(=O)N([C@H](C)C(=O)O)CC1)O2. The first-order valence-corrected chi connectivity index (χ1v) is 8.41. The topological polar surface area (TPSA) is 95.9 Å². The Bertz CT molecular complexity index is 732. The fourth-order valence-electron chi connectivity index (χ4n) is 3.39. The van der Waals surface area contributed by atoms with Crippen molar-refractivity contribution in [3.8, 4) is 5.75 Å². The molecule has 0 aromatic heterocycles. The highest BCUT2D eigenvalue weighted by molar-refractivity contribution is 5.97. The Balaban J connectivity index is 1.87. The van der Waals surface area contributed by atoms with E-state index in [1.54, 1.807) is 12.1 Å². The number of hydrogen-bond donors (Lipinski definition) is 2. The van der Waals surface area contributed by atoms with Gasteiger partial charge in [0.15, 0.2) is 0 Å². The number of aliphatic carboxylic acids is 1. The number of hydrogen-bond acceptors (Lipinski definition) is 4. The molecular formula is C18H22N2O5. The van der Waals surface area contributed by atoms with E-state index in [9.17, 15) is 19.5 Å². The fourth-order valence-corrected chi connectivity index (χ4v) is 3.39. The summed E-state index contributed by atoms with van der Waals surface area (Å²) < 4.78 is 6.22. The van der Waals surface area contributed by atoms with Crippen LogP contribution in [0.5, 0.6) is 5.75 Å². The molecule has 0 bridgehead atoms. The van der Waals surface area contributed by atoms with Gasteiger partial charge in [-0.1, -0.05) is 11.6 Å². The van der Waals surface area contributed by atoms with Gasteiger partial charge in [0.1, 0.15) is 17.4 Å². The highest BCUT2D eigenvalue weighted by atomic mass is 16.5. The third kappa shape index (κ3) is 3.31. The molecule has 7 heteroatoms. The first-order valence-electron chi connectivity index (χ1n) is 8.41. The maximum atomic E-state index is 12.3. The predicted molar refractivity (Wildman–Crippen MR) is 89.5 cm³/mol. The van der Waals surface area contributed by atoms with Crippen molar-refractivity contribution in [3.05, 3.63) is 29.3 Å². The molecule has 2 aliphatic heterocycles. The number of rotatable bonds is 2. The zero-order valence-corrected chi connectivity index (χ0v) is 14.4. The number of carboxylic acid groups (broad SMARTS) is 1. The molecule has 0 saturated carbocycles. The van der Waals surface area contributed by atoms with E-state index in [-0.39, 0.29) is 24.8 Å². The fraction of sp³-hybridized carbons (Fsp3) is 0.500. The number of carbonyl (C=O) groups excluding carboxylic acids is 2. The molecule has 2 heterocycles. The summed E-state index contributed by atoms with van der Waals surface area (Å²) in [6.45, 7) is 3.99. The number of nitrogens with zero attached hydrogens (tertiary/aromatic N) is 1. The number of fused-ring (bicyclic) bond motifs is 1. The molecule has 0 unspecified atom stereocenters. The summed E-state index contributed by atoms with van der Waals surface area (Å²) in [6, 6.07) is 4.57. The average molecular weight is 346 g/mol. The maximum absolute atomic E-state index is 12.3. The second-order valence-electron chi connectivity index (χ2n) is 6.82. The number of amides is 2. The van der Waals surface area contributed by atoms with Crippen LogP contribution in [0.2, 0.25) is 0 Å². The largest absolute Gasteiger partial charge is 0.485 e. The summed E-state index contributed by atoms with van der Waals surface area (Å²) in [6.07, 6.45) is 1.08. The average Bonchev–Trinajstić information content (AvgIpc) is 2.81. The summed E-state index contributed by atoms with van der Waals surface area (Å²) in [5.41, 5.74) is 0.743. The van der Waals surface area contributed by atoms with Gasteiger partial charge in [-0.3, -0.25) is 9.59 Å². The summed E-state index contributed by atoms with van der Waals surface area (Å²) in [5, 5.41) is 12.1. The molecule has 1 fully saturated rings. The van der Waals surface area contributed by atoms with E-state index in [1.165, 1.54) is 11.8 Å². The molecule has 0 radical (unpaired) electrons. The molecule has 1 aromatic rings. The zero-order chi connectivity index (χ0) is 18.2. The second kappa shape index (κ2) is 6.38. The van der Waals surface area contributed by atoms with E-state index in [1.807, 2.05) is 13.0 Å².